The summed E-state index contributed by atoms with van der Waals surface area (Å²) in [7, 11) is -3.39. The summed E-state index contributed by atoms with van der Waals surface area (Å²) in [5.41, 5.74) is 0. The van der Waals surface area contributed by atoms with Gasteiger partial charge in [-0.15, -0.1) is 11.3 Å². The molecule has 20 heavy (non-hydrogen) atoms. The number of carbonyl (C=O) groups is 1. The second kappa shape index (κ2) is 6.61. The Balaban J connectivity index is 1.92. The Morgan fingerprint density at radius 2 is 2.25 bits per heavy atom. The van der Waals surface area contributed by atoms with Crippen LogP contribution in [-0.2, 0) is 14.8 Å². The summed E-state index contributed by atoms with van der Waals surface area (Å²) in [6.45, 7) is 3.84. The van der Waals surface area contributed by atoms with Crippen LogP contribution in [0.1, 0.15) is 6.92 Å². The number of rotatable bonds is 5. The Bertz CT molecular complexity index is 538. The maximum absolute atomic E-state index is 12.2. The molecule has 0 aliphatic carbocycles. The minimum Gasteiger partial charge on any atom is -0.314 e. The lowest BCUT2D eigenvalue weighted by Crippen LogP contribution is -2.48. The first-order valence-electron chi connectivity index (χ1n) is 6.38. The number of anilines is 1. The Morgan fingerprint density at radius 3 is 2.85 bits per heavy atom. The Labute approximate surface area is 122 Å². The third kappa shape index (κ3) is 3.98. The standard InChI is InChI=1S/C11H18N4O3S2/c1-9(10(16)14-11-13-4-7-19-11)8-20(17,18)15-5-2-12-3-6-15/h4,7,9,12H,2-3,5-6,8H2,1H3,(H,13,14,16). The largest absolute Gasteiger partial charge is 0.314 e. The molecular formula is C11H18N4O3S2. The van der Waals surface area contributed by atoms with Crippen LogP contribution < -0.4 is 10.6 Å². The van der Waals surface area contributed by atoms with Crippen molar-refractivity contribution in [1.82, 2.24) is 14.6 Å². The van der Waals surface area contributed by atoms with Crippen molar-refractivity contribution in [3.63, 3.8) is 0 Å². The molecule has 112 valence electrons. The van der Waals surface area contributed by atoms with Gasteiger partial charge in [0, 0.05) is 37.8 Å². The van der Waals surface area contributed by atoms with Crippen LogP contribution in [0.25, 0.3) is 0 Å². The maximum atomic E-state index is 12.2. The number of aromatic nitrogens is 1. The van der Waals surface area contributed by atoms with Gasteiger partial charge in [0.25, 0.3) is 0 Å². The minimum absolute atomic E-state index is 0.176. The SMILES string of the molecule is CC(CS(=O)(=O)N1CCNCC1)C(=O)Nc1nccs1. The van der Waals surface area contributed by atoms with Gasteiger partial charge < -0.3 is 10.6 Å². The molecule has 0 radical (unpaired) electrons. The van der Waals surface area contributed by atoms with Crippen LogP contribution in [-0.4, -0.2) is 55.5 Å². The van der Waals surface area contributed by atoms with Crippen molar-refractivity contribution in [2.24, 2.45) is 5.92 Å². The molecule has 7 nitrogen and oxygen atoms in total. The Kier molecular flexibility index (Phi) is 5.08. The van der Waals surface area contributed by atoms with Gasteiger partial charge in [0.1, 0.15) is 0 Å². The van der Waals surface area contributed by atoms with Crippen molar-refractivity contribution < 1.29 is 13.2 Å². The van der Waals surface area contributed by atoms with E-state index in [2.05, 4.69) is 15.6 Å². The first kappa shape index (κ1) is 15.4. The maximum Gasteiger partial charge on any atom is 0.230 e. The summed E-state index contributed by atoms with van der Waals surface area (Å²) in [6.07, 6.45) is 1.59. The summed E-state index contributed by atoms with van der Waals surface area (Å²) in [5, 5.41) is 7.96. The van der Waals surface area contributed by atoms with Gasteiger partial charge in [-0.25, -0.2) is 13.4 Å². The molecule has 2 heterocycles. The number of hydrogen-bond donors (Lipinski definition) is 2. The topological polar surface area (TPSA) is 91.4 Å². The number of thiazole rings is 1. The van der Waals surface area contributed by atoms with Gasteiger partial charge in [-0.05, 0) is 0 Å². The van der Waals surface area contributed by atoms with Crippen molar-refractivity contribution in [2.45, 2.75) is 6.92 Å². The molecule has 0 bridgehead atoms. The molecule has 0 aromatic carbocycles. The van der Waals surface area contributed by atoms with Crippen LogP contribution in [0.4, 0.5) is 5.13 Å². The first-order chi connectivity index (χ1) is 9.49. The van der Waals surface area contributed by atoms with E-state index in [1.165, 1.54) is 15.6 Å². The number of carbonyl (C=O) groups excluding carboxylic acids is 1. The van der Waals surface area contributed by atoms with Crippen LogP contribution >= 0.6 is 11.3 Å². The van der Waals surface area contributed by atoms with Crippen LogP contribution in [0.3, 0.4) is 0 Å². The highest BCUT2D eigenvalue weighted by atomic mass is 32.2. The highest BCUT2D eigenvalue weighted by molar-refractivity contribution is 7.89. The highest BCUT2D eigenvalue weighted by Gasteiger charge is 2.28. The fourth-order valence-corrected chi connectivity index (χ4v) is 4.20. The fourth-order valence-electron chi connectivity index (χ4n) is 1.93. The molecule has 1 aliphatic rings. The molecule has 1 amide bonds. The molecular weight excluding hydrogens is 300 g/mol. The summed E-state index contributed by atoms with van der Waals surface area (Å²) in [4.78, 5) is 15.9. The van der Waals surface area contributed by atoms with Gasteiger partial charge in [0.05, 0.1) is 11.7 Å². The second-order valence-corrected chi connectivity index (χ2v) is 7.56. The monoisotopic (exact) mass is 318 g/mol. The third-order valence-corrected chi connectivity index (χ3v) is 5.80. The lowest BCUT2D eigenvalue weighted by Gasteiger charge is -2.27. The van der Waals surface area contributed by atoms with Gasteiger partial charge in [-0.3, -0.25) is 4.79 Å². The predicted octanol–water partition coefficient (Wildman–Crippen LogP) is -0.0473. The molecule has 1 unspecified atom stereocenters. The number of hydrogen-bond acceptors (Lipinski definition) is 6. The normalized spacial score (nSPS) is 18.6. The van der Waals surface area contributed by atoms with E-state index in [-0.39, 0.29) is 11.7 Å². The van der Waals surface area contributed by atoms with Gasteiger partial charge in [0.15, 0.2) is 5.13 Å². The third-order valence-electron chi connectivity index (χ3n) is 3.04. The zero-order chi connectivity index (χ0) is 14.6. The van der Waals surface area contributed by atoms with Crippen molar-refractivity contribution in [3.05, 3.63) is 11.6 Å². The summed E-state index contributed by atoms with van der Waals surface area (Å²) >= 11 is 1.30. The number of nitrogens with one attached hydrogen (secondary N) is 2. The number of piperazine rings is 1. The lowest BCUT2D eigenvalue weighted by atomic mass is 10.2. The summed E-state index contributed by atoms with van der Waals surface area (Å²) in [6, 6.07) is 0. The van der Waals surface area contributed by atoms with E-state index in [4.69, 9.17) is 0 Å². The highest BCUT2D eigenvalue weighted by Crippen LogP contribution is 2.14. The van der Waals surface area contributed by atoms with E-state index < -0.39 is 15.9 Å². The quantitative estimate of drug-likeness (QED) is 0.794. The molecule has 1 fully saturated rings. The molecule has 1 aromatic heterocycles. The number of sulfonamides is 1. The minimum atomic E-state index is -3.39. The molecule has 2 N–H and O–H groups in total. The van der Waals surface area contributed by atoms with Crippen LogP contribution in [0, 0.1) is 5.92 Å². The average Bonchev–Trinajstić information content (AvgIpc) is 2.92. The molecule has 2 rings (SSSR count). The molecule has 1 aromatic rings. The van der Waals surface area contributed by atoms with Crippen molar-refractivity contribution >= 4 is 32.4 Å². The van der Waals surface area contributed by atoms with E-state index in [1.807, 2.05) is 0 Å². The van der Waals surface area contributed by atoms with Gasteiger partial charge in [0.2, 0.25) is 15.9 Å². The van der Waals surface area contributed by atoms with E-state index in [9.17, 15) is 13.2 Å². The van der Waals surface area contributed by atoms with Crippen molar-refractivity contribution in [3.8, 4) is 0 Å². The molecule has 1 saturated heterocycles. The van der Waals surface area contributed by atoms with Gasteiger partial charge in [-0.2, -0.15) is 4.31 Å². The molecule has 0 saturated carbocycles. The summed E-state index contributed by atoms with van der Waals surface area (Å²) < 4.78 is 25.9. The van der Waals surface area contributed by atoms with Gasteiger partial charge >= 0.3 is 0 Å². The molecule has 9 heteroatoms. The Morgan fingerprint density at radius 1 is 1.55 bits per heavy atom. The van der Waals surface area contributed by atoms with Gasteiger partial charge in [-0.1, -0.05) is 6.92 Å². The smallest absolute Gasteiger partial charge is 0.230 e. The summed E-state index contributed by atoms with van der Waals surface area (Å²) in [5.74, 6) is -1.11. The lowest BCUT2D eigenvalue weighted by molar-refractivity contribution is -0.118. The van der Waals surface area contributed by atoms with E-state index in [1.54, 1.807) is 18.5 Å². The molecule has 1 aliphatic heterocycles. The molecule has 1 atom stereocenters. The van der Waals surface area contributed by atoms with Crippen LogP contribution in [0.2, 0.25) is 0 Å². The van der Waals surface area contributed by atoms with E-state index in [0.717, 1.165) is 0 Å². The first-order valence-corrected chi connectivity index (χ1v) is 8.87. The number of nitrogens with zero attached hydrogens (tertiary/aromatic N) is 2. The van der Waals surface area contributed by atoms with Crippen LogP contribution in [0.15, 0.2) is 11.6 Å². The van der Waals surface area contributed by atoms with E-state index >= 15 is 0 Å². The van der Waals surface area contributed by atoms with Crippen LogP contribution in [0.5, 0.6) is 0 Å². The zero-order valence-corrected chi connectivity index (χ0v) is 12.8. The van der Waals surface area contributed by atoms with Crippen molar-refractivity contribution in [2.75, 3.05) is 37.2 Å². The number of amides is 1. The second-order valence-electron chi connectivity index (χ2n) is 4.66. The zero-order valence-electron chi connectivity index (χ0n) is 11.2. The fraction of sp³-hybridized carbons (Fsp3) is 0.636. The van der Waals surface area contributed by atoms with Crippen molar-refractivity contribution in [1.29, 1.82) is 0 Å². The molecule has 0 spiro atoms. The Hall–Kier alpha value is -1.03. The van der Waals surface area contributed by atoms with E-state index in [0.29, 0.717) is 31.3 Å². The predicted molar refractivity (Wildman–Crippen MR) is 78.1 cm³/mol. The average molecular weight is 318 g/mol.